The fraction of sp³-hybridized carbons (Fsp3) is 0.381. The molecule has 0 radical (unpaired) electrons. The maximum absolute atomic E-state index is 12.5. The number of halogens is 1. The van der Waals surface area contributed by atoms with E-state index >= 15 is 0 Å². The molecule has 6 heteroatoms. The lowest BCUT2D eigenvalue weighted by molar-refractivity contribution is -0.147. The lowest BCUT2D eigenvalue weighted by Gasteiger charge is -2.32. The van der Waals surface area contributed by atoms with E-state index in [9.17, 15) is 4.79 Å². The monoisotopic (exact) mass is 388 g/mol. The molecule has 5 nitrogen and oxygen atoms in total. The fourth-order valence-electron chi connectivity index (χ4n) is 3.47. The second kappa shape index (κ2) is 9.22. The Kier molecular flexibility index (Phi) is 6.72. The van der Waals surface area contributed by atoms with Crippen molar-refractivity contribution in [2.45, 2.75) is 12.6 Å². The summed E-state index contributed by atoms with van der Waals surface area (Å²) < 4.78 is 10.5. The van der Waals surface area contributed by atoms with Crippen molar-refractivity contribution in [2.24, 2.45) is 0 Å². The number of rotatable bonds is 6. The third kappa shape index (κ3) is 4.61. The molecule has 0 bridgehead atoms. The number of methoxy groups -OCH3 is 1. The van der Waals surface area contributed by atoms with E-state index in [0.29, 0.717) is 11.6 Å². The molecular weight excluding hydrogens is 364 g/mol. The number of morpholine rings is 1. The van der Waals surface area contributed by atoms with Gasteiger partial charge < -0.3 is 14.4 Å². The molecule has 0 N–H and O–H groups in total. The fourth-order valence-corrected chi connectivity index (χ4v) is 3.71. The molecule has 0 aromatic heterocycles. The van der Waals surface area contributed by atoms with Crippen LogP contribution in [0.5, 0.6) is 0 Å². The lowest BCUT2D eigenvalue weighted by Crippen LogP contribution is -2.37. The van der Waals surface area contributed by atoms with E-state index in [4.69, 9.17) is 21.1 Å². The molecule has 0 unspecified atom stereocenters. The van der Waals surface area contributed by atoms with Gasteiger partial charge in [0, 0.05) is 30.3 Å². The molecule has 27 heavy (non-hydrogen) atoms. The van der Waals surface area contributed by atoms with Gasteiger partial charge in [-0.05, 0) is 30.3 Å². The number of hydrogen-bond acceptors (Lipinski definition) is 5. The van der Waals surface area contributed by atoms with Crippen molar-refractivity contribution in [1.82, 2.24) is 4.90 Å². The average molecular weight is 389 g/mol. The lowest BCUT2D eigenvalue weighted by atomic mass is 10.0. The van der Waals surface area contributed by atoms with Crippen LogP contribution < -0.4 is 4.90 Å². The first-order chi connectivity index (χ1) is 13.1. The first kappa shape index (κ1) is 19.7. The number of carbonyl (C=O) groups excluding carboxylic acids is 1. The van der Waals surface area contributed by atoms with E-state index in [0.717, 1.165) is 37.4 Å². The van der Waals surface area contributed by atoms with Crippen LogP contribution in [0, 0.1) is 0 Å². The van der Waals surface area contributed by atoms with Gasteiger partial charge in [-0.15, -0.1) is 0 Å². The maximum Gasteiger partial charge on any atom is 0.327 e. The molecule has 1 heterocycles. The summed E-state index contributed by atoms with van der Waals surface area (Å²) in [4.78, 5) is 16.8. The Hall–Kier alpha value is -2.08. The topological polar surface area (TPSA) is 42.0 Å². The van der Waals surface area contributed by atoms with E-state index < -0.39 is 6.04 Å². The quantitative estimate of drug-likeness (QED) is 0.708. The van der Waals surface area contributed by atoms with Gasteiger partial charge in [0.15, 0.2) is 0 Å². The zero-order valence-electron chi connectivity index (χ0n) is 15.7. The summed E-state index contributed by atoms with van der Waals surface area (Å²) in [6.07, 6.45) is 0. The van der Waals surface area contributed by atoms with Crippen molar-refractivity contribution < 1.29 is 14.3 Å². The minimum atomic E-state index is -0.568. The highest BCUT2D eigenvalue weighted by Gasteiger charge is 2.28. The number of para-hydroxylation sites is 1. The standard InChI is InChI=1S/C21H25ClN2O3/c1-23(20(21(25)26-2)17-8-4-5-9-18(17)22)15-16-7-3-6-10-19(16)24-11-13-27-14-12-24/h3-10,20H,11-15H2,1-2H3/t20-/m1/s1. The van der Waals surface area contributed by atoms with Gasteiger partial charge in [-0.1, -0.05) is 48.0 Å². The Morgan fingerprint density at radius 1 is 1.19 bits per heavy atom. The summed E-state index contributed by atoms with van der Waals surface area (Å²) in [6, 6.07) is 15.1. The van der Waals surface area contributed by atoms with Crippen LogP contribution in [0.2, 0.25) is 5.02 Å². The molecule has 0 saturated carbocycles. The van der Waals surface area contributed by atoms with E-state index in [1.54, 1.807) is 6.07 Å². The summed E-state index contributed by atoms with van der Waals surface area (Å²) >= 11 is 6.36. The summed E-state index contributed by atoms with van der Waals surface area (Å²) in [5.74, 6) is -0.325. The minimum Gasteiger partial charge on any atom is -0.468 e. The molecule has 144 valence electrons. The highest BCUT2D eigenvalue weighted by atomic mass is 35.5. The average Bonchev–Trinajstić information content (AvgIpc) is 2.70. The molecule has 1 aliphatic heterocycles. The van der Waals surface area contributed by atoms with E-state index in [2.05, 4.69) is 17.0 Å². The Morgan fingerprint density at radius 3 is 2.56 bits per heavy atom. The van der Waals surface area contributed by atoms with Crippen molar-refractivity contribution in [3.8, 4) is 0 Å². The maximum atomic E-state index is 12.5. The van der Waals surface area contributed by atoms with E-state index in [1.807, 2.05) is 42.3 Å². The minimum absolute atomic E-state index is 0.325. The number of ether oxygens (including phenoxy) is 2. The third-order valence-electron chi connectivity index (χ3n) is 4.83. The molecule has 0 spiro atoms. The van der Waals surface area contributed by atoms with Crippen molar-refractivity contribution in [1.29, 1.82) is 0 Å². The molecule has 1 atom stereocenters. The smallest absolute Gasteiger partial charge is 0.327 e. The molecule has 1 aliphatic rings. The van der Waals surface area contributed by atoms with Gasteiger partial charge in [-0.3, -0.25) is 4.90 Å². The van der Waals surface area contributed by atoms with Gasteiger partial charge >= 0.3 is 5.97 Å². The van der Waals surface area contributed by atoms with Crippen molar-refractivity contribution in [3.05, 3.63) is 64.7 Å². The highest BCUT2D eigenvalue weighted by molar-refractivity contribution is 6.31. The van der Waals surface area contributed by atoms with Crippen molar-refractivity contribution in [3.63, 3.8) is 0 Å². The van der Waals surface area contributed by atoms with Crippen LogP contribution in [0.15, 0.2) is 48.5 Å². The molecule has 2 aromatic rings. The van der Waals surface area contributed by atoms with Gasteiger partial charge in [-0.25, -0.2) is 4.79 Å². The summed E-state index contributed by atoms with van der Waals surface area (Å²) in [5.41, 5.74) is 3.08. The summed E-state index contributed by atoms with van der Waals surface area (Å²) in [5, 5.41) is 0.557. The molecule has 0 amide bonds. The Bertz CT molecular complexity index is 778. The van der Waals surface area contributed by atoms with Gasteiger partial charge in [0.1, 0.15) is 6.04 Å². The zero-order chi connectivity index (χ0) is 19.2. The van der Waals surface area contributed by atoms with Gasteiger partial charge in [0.25, 0.3) is 0 Å². The number of likely N-dealkylation sites (N-methyl/N-ethyl adjacent to an activating group) is 1. The summed E-state index contributed by atoms with van der Waals surface area (Å²) in [7, 11) is 3.32. The van der Waals surface area contributed by atoms with Crippen LogP contribution in [0.25, 0.3) is 0 Å². The van der Waals surface area contributed by atoms with E-state index in [-0.39, 0.29) is 5.97 Å². The molecule has 1 fully saturated rings. The van der Waals surface area contributed by atoms with Crippen LogP contribution in [-0.2, 0) is 20.8 Å². The summed E-state index contributed by atoms with van der Waals surface area (Å²) in [6.45, 7) is 3.79. The SMILES string of the molecule is COC(=O)[C@@H](c1ccccc1Cl)N(C)Cc1ccccc1N1CCOCC1. The zero-order valence-corrected chi connectivity index (χ0v) is 16.5. The van der Waals surface area contributed by atoms with Gasteiger partial charge in [0.2, 0.25) is 0 Å². The predicted molar refractivity (Wildman–Crippen MR) is 107 cm³/mol. The molecule has 2 aromatic carbocycles. The Morgan fingerprint density at radius 2 is 1.85 bits per heavy atom. The number of carbonyl (C=O) groups is 1. The number of hydrogen-bond donors (Lipinski definition) is 0. The molecule has 0 aliphatic carbocycles. The van der Waals surface area contributed by atoms with Gasteiger partial charge in [-0.2, -0.15) is 0 Å². The number of nitrogens with zero attached hydrogens (tertiary/aromatic N) is 2. The van der Waals surface area contributed by atoms with E-state index in [1.165, 1.54) is 12.8 Å². The van der Waals surface area contributed by atoms with Crippen LogP contribution in [-0.4, -0.2) is 51.3 Å². The largest absolute Gasteiger partial charge is 0.468 e. The predicted octanol–water partition coefficient (Wildman–Crippen LogP) is 3.52. The third-order valence-corrected chi connectivity index (χ3v) is 5.17. The molecular formula is C21H25ClN2O3. The number of anilines is 1. The van der Waals surface area contributed by atoms with Crippen LogP contribution in [0.4, 0.5) is 5.69 Å². The molecule has 1 saturated heterocycles. The van der Waals surface area contributed by atoms with Gasteiger partial charge in [0.05, 0.1) is 20.3 Å². The van der Waals surface area contributed by atoms with Crippen LogP contribution >= 0.6 is 11.6 Å². The second-order valence-corrected chi connectivity index (χ2v) is 7.00. The first-order valence-corrected chi connectivity index (χ1v) is 9.42. The van der Waals surface area contributed by atoms with Crippen LogP contribution in [0.3, 0.4) is 0 Å². The van der Waals surface area contributed by atoms with Crippen LogP contribution in [0.1, 0.15) is 17.2 Å². The highest BCUT2D eigenvalue weighted by Crippen LogP contribution is 2.31. The number of benzene rings is 2. The first-order valence-electron chi connectivity index (χ1n) is 9.05. The second-order valence-electron chi connectivity index (χ2n) is 6.59. The van der Waals surface area contributed by atoms with Crippen molar-refractivity contribution >= 4 is 23.3 Å². The number of esters is 1. The molecule has 3 rings (SSSR count). The van der Waals surface area contributed by atoms with Crippen molar-refractivity contribution in [2.75, 3.05) is 45.4 Å². The Labute approximate surface area is 165 Å². The Balaban J connectivity index is 1.87. The normalized spacial score (nSPS) is 15.6.